The fourth-order valence-electron chi connectivity index (χ4n) is 0.834. The molecule has 0 aromatic carbocycles. The number of piperidine rings is 1. The monoisotopic (exact) mass is 227 g/mol. The van der Waals surface area contributed by atoms with Crippen LogP contribution in [0, 0.1) is 0 Å². The summed E-state index contributed by atoms with van der Waals surface area (Å²) in [7, 11) is 0. The van der Waals surface area contributed by atoms with Gasteiger partial charge < -0.3 is 5.11 Å². The molecule has 0 unspecified atom stereocenters. The molecule has 1 heterocycles. The number of aliphatic hydroxyl groups is 1. The second-order valence-corrected chi connectivity index (χ2v) is 3.51. The van der Waals surface area contributed by atoms with Crippen LogP contribution < -0.4 is 0 Å². The van der Waals surface area contributed by atoms with Crippen molar-refractivity contribution in [3.8, 4) is 0 Å². The average Bonchev–Trinajstić information content (AvgIpc) is 1.77. The van der Waals surface area contributed by atoms with E-state index in [0.29, 0.717) is 0 Å². The van der Waals surface area contributed by atoms with Gasteiger partial charge in [0.2, 0.25) is 0 Å². The molecular formula is C5H10INO. The Kier molecular flexibility index (Phi) is 2.52. The van der Waals surface area contributed by atoms with Crippen LogP contribution in [-0.4, -0.2) is 27.4 Å². The van der Waals surface area contributed by atoms with Gasteiger partial charge in [0.05, 0.1) is 6.10 Å². The molecule has 0 aromatic rings. The van der Waals surface area contributed by atoms with E-state index in [9.17, 15) is 0 Å². The second-order valence-electron chi connectivity index (χ2n) is 2.14. The average molecular weight is 227 g/mol. The first kappa shape index (κ1) is 6.77. The van der Waals surface area contributed by atoms with Crippen LogP contribution >= 0.6 is 22.9 Å². The van der Waals surface area contributed by atoms with Crippen LogP contribution in [0.4, 0.5) is 0 Å². The lowest BCUT2D eigenvalue weighted by atomic mass is 10.1. The van der Waals surface area contributed by atoms with Crippen LogP contribution in [0.1, 0.15) is 12.8 Å². The van der Waals surface area contributed by atoms with Gasteiger partial charge in [-0.2, -0.15) is 0 Å². The topological polar surface area (TPSA) is 23.5 Å². The van der Waals surface area contributed by atoms with E-state index in [4.69, 9.17) is 5.11 Å². The quantitative estimate of drug-likeness (QED) is 0.488. The van der Waals surface area contributed by atoms with E-state index in [1.807, 2.05) is 0 Å². The fraction of sp³-hybridized carbons (Fsp3) is 1.00. The van der Waals surface area contributed by atoms with Crippen molar-refractivity contribution in [2.24, 2.45) is 0 Å². The van der Waals surface area contributed by atoms with Crippen molar-refractivity contribution in [3.05, 3.63) is 0 Å². The van der Waals surface area contributed by atoms with Crippen molar-refractivity contribution < 1.29 is 5.11 Å². The zero-order valence-corrected chi connectivity index (χ0v) is 6.84. The molecule has 0 amide bonds. The summed E-state index contributed by atoms with van der Waals surface area (Å²) in [4.78, 5) is 0. The molecule has 1 aliphatic heterocycles. The van der Waals surface area contributed by atoms with E-state index < -0.39 is 0 Å². The Morgan fingerprint density at radius 2 is 1.88 bits per heavy atom. The number of halogens is 1. The SMILES string of the molecule is OC1CCN(I)CC1. The molecule has 0 saturated carbocycles. The number of aliphatic hydroxyl groups excluding tert-OH is 1. The van der Waals surface area contributed by atoms with Gasteiger partial charge in [0, 0.05) is 36.0 Å². The Bertz CT molecular complexity index is 60.8. The van der Waals surface area contributed by atoms with Crippen LogP contribution in [0.2, 0.25) is 0 Å². The van der Waals surface area contributed by atoms with Gasteiger partial charge in [0.25, 0.3) is 0 Å². The highest BCUT2D eigenvalue weighted by Gasteiger charge is 2.13. The lowest BCUT2D eigenvalue weighted by Gasteiger charge is -2.23. The predicted molar refractivity (Wildman–Crippen MR) is 40.8 cm³/mol. The lowest BCUT2D eigenvalue weighted by molar-refractivity contribution is 0.121. The smallest absolute Gasteiger partial charge is 0.0565 e. The van der Waals surface area contributed by atoms with E-state index in [-0.39, 0.29) is 6.10 Å². The van der Waals surface area contributed by atoms with Crippen LogP contribution in [0.5, 0.6) is 0 Å². The molecule has 0 aromatic heterocycles. The first-order valence-electron chi connectivity index (χ1n) is 2.88. The second kappa shape index (κ2) is 2.98. The number of rotatable bonds is 0. The van der Waals surface area contributed by atoms with Crippen molar-refractivity contribution in [2.75, 3.05) is 13.1 Å². The highest BCUT2D eigenvalue weighted by atomic mass is 127. The number of hydrogen-bond acceptors (Lipinski definition) is 2. The highest BCUT2D eigenvalue weighted by molar-refractivity contribution is 14.1. The lowest BCUT2D eigenvalue weighted by Crippen LogP contribution is -2.28. The van der Waals surface area contributed by atoms with E-state index >= 15 is 0 Å². The summed E-state index contributed by atoms with van der Waals surface area (Å²) in [5.41, 5.74) is 0. The van der Waals surface area contributed by atoms with Gasteiger partial charge in [0.15, 0.2) is 0 Å². The third-order valence-electron chi connectivity index (χ3n) is 1.41. The van der Waals surface area contributed by atoms with Gasteiger partial charge in [0.1, 0.15) is 0 Å². The molecule has 1 fully saturated rings. The van der Waals surface area contributed by atoms with E-state index in [1.165, 1.54) is 0 Å². The van der Waals surface area contributed by atoms with Crippen LogP contribution in [0.15, 0.2) is 0 Å². The van der Waals surface area contributed by atoms with Gasteiger partial charge in [-0.15, -0.1) is 0 Å². The van der Waals surface area contributed by atoms with Crippen molar-refractivity contribution in [3.63, 3.8) is 0 Å². The van der Waals surface area contributed by atoms with Crippen molar-refractivity contribution in [1.29, 1.82) is 0 Å². The van der Waals surface area contributed by atoms with E-state index in [2.05, 4.69) is 26.0 Å². The highest BCUT2D eigenvalue weighted by Crippen LogP contribution is 2.12. The maximum atomic E-state index is 9.00. The molecule has 1 N–H and O–H groups in total. The molecule has 2 nitrogen and oxygen atoms in total. The zero-order chi connectivity index (χ0) is 5.98. The molecule has 0 radical (unpaired) electrons. The fourth-order valence-corrected chi connectivity index (χ4v) is 1.39. The summed E-state index contributed by atoms with van der Waals surface area (Å²) >= 11 is 2.29. The molecule has 1 rings (SSSR count). The Hall–Kier alpha value is 0.650. The summed E-state index contributed by atoms with van der Waals surface area (Å²) in [5.74, 6) is 0. The standard InChI is InChI=1S/C5H10INO/c6-7-3-1-5(8)2-4-7/h5,8H,1-4H2. The Morgan fingerprint density at radius 1 is 1.38 bits per heavy atom. The van der Waals surface area contributed by atoms with Crippen LogP contribution in [0.3, 0.4) is 0 Å². The summed E-state index contributed by atoms with van der Waals surface area (Å²) in [6.07, 6.45) is 1.87. The van der Waals surface area contributed by atoms with Gasteiger partial charge in [-0.1, -0.05) is 0 Å². The molecule has 48 valence electrons. The van der Waals surface area contributed by atoms with Crippen molar-refractivity contribution >= 4 is 22.9 Å². The Morgan fingerprint density at radius 3 is 2.25 bits per heavy atom. The maximum absolute atomic E-state index is 9.00. The largest absolute Gasteiger partial charge is 0.393 e. The summed E-state index contributed by atoms with van der Waals surface area (Å²) in [6.45, 7) is 2.09. The summed E-state index contributed by atoms with van der Waals surface area (Å²) < 4.78 is 2.21. The molecule has 0 bridgehead atoms. The molecule has 1 aliphatic rings. The zero-order valence-electron chi connectivity index (χ0n) is 4.68. The molecular weight excluding hydrogens is 217 g/mol. The van der Waals surface area contributed by atoms with Gasteiger partial charge in [-0.05, 0) is 12.8 Å². The van der Waals surface area contributed by atoms with Gasteiger partial charge in [-0.25, -0.2) is 3.11 Å². The van der Waals surface area contributed by atoms with E-state index in [1.54, 1.807) is 0 Å². The first-order chi connectivity index (χ1) is 3.79. The molecule has 0 atom stereocenters. The molecule has 3 heteroatoms. The molecule has 0 spiro atoms. The van der Waals surface area contributed by atoms with E-state index in [0.717, 1.165) is 25.9 Å². The number of nitrogens with zero attached hydrogens (tertiary/aromatic N) is 1. The van der Waals surface area contributed by atoms with Crippen molar-refractivity contribution in [1.82, 2.24) is 3.11 Å². The first-order valence-corrected chi connectivity index (χ1v) is 3.84. The van der Waals surface area contributed by atoms with Gasteiger partial charge >= 0.3 is 0 Å². The molecule has 0 aliphatic carbocycles. The number of hydrogen-bond donors (Lipinski definition) is 1. The van der Waals surface area contributed by atoms with Gasteiger partial charge in [-0.3, -0.25) is 0 Å². The minimum absolute atomic E-state index is 0.0268. The maximum Gasteiger partial charge on any atom is 0.0565 e. The minimum Gasteiger partial charge on any atom is -0.393 e. The molecule has 1 saturated heterocycles. The minimum atomic E-state index is -0.0268. The third-order valence-corrected chi connectivity index (χ3v) is 2.37. The van der Waals surface area contributed by atoms with Crippen LogP contribution in [0.25, 0.3) is 0 Å². The molecule has 8 heavy (non-hydrogen) atoms. The van der Waals surface area contributed by atoms with Crippen LogP contribution in [-0.2, 0) is 0 Å². The summed E-state index contributed by atoms with van der Waals surface area (Å²) in [6, 6.07) is 0. The van der Waals surface area contributed by atoms with Crippen molar-refractivity contribution in [2.45, 2.75) is 18.9 Å². The normalized spacial score (nSPS) is 26.2. The Balaban J connectivity index is 2.19. The third kappa shape index (κ3) is 1.87. The predicted octanol–water partition coefficient (Wildman–Crippen LogP) is 0.793. The summed E-state index contributed by atoms with van der Waals surface area (Å²) in [5, 5.41) is 9.00. The Labute approximate surface area is 63.4 Å².